The van der Waals surface area contributed by atoms with E-state index in [1.807, 2.05) is 27.7 Å². The molecular formula is C13H18FNO2S. The average molecular weight is 271 g/mol. The summed E-state index contributed by atoms with van der Waals surface area (Å²) in [5.74, 6) is -0.443. The maximum absolute atomic E-state index is 12.8. The molecule has 18 heavy (non-hydrogen) atoms. The van der Waals surface area contributed by atoms with Gasteiger partial charge >= 0.3 is 0 Å². The Kier molecular flexibility index (Phi) is 2.83. The number of rotatable bonds is 3. The SMILES string of the molecule is CC1(C)C(NS(=O)(=O)c2ccc(F)cc2)C1(C)C. The molecule has 3 nitrogen and oxygen atoms in total. The topological polar surface area (TPSA) is 46.2 Å². The van der Waals surface area contributed by atoms with Crippen molar-refractivity contribution in [3.63, 3.8) is 0 Å². The number of benzene rings is 1. The van der Waals surface area contributed by atoms with E-state index in [9.17, 15) is 12.8 Å². The lowest BCUT2D eigenvalue weighted by molar-refractivity contribution is 0.457. The van der Waals surface area contributed by atoms with Gasteiger partial charge in [0.25, 0.3) is 0 Å². The van der Waals surface area contributed by atoms with E-state index in [0.717, 1.165) is 12.1 Å². The van der Waals surface area contributed by atoms with E-state index >= 15 is 0 Å². The van der Waals surface area contributed by atoms with Gasteiger partial charge in [-0.1, -0.05) is 27.7 Å². The second-order valence-corrected chi connectivity index (χ2v) is 7.67. The third-order valence-electron chi connectivity index (χ3n) is 4.42. The van der Waals surface area contributed by atoms with Crippen LogP contribution < -0.4 is 4.72 Å². The molecule has 0 aliphatic heterocycles. The zero-order valence-corrected chi connectivity index (χ0v) is 11.8. The number of nitrogens with one attached hydrogen (secondary N) is 1. The summed E-state index contributed by atoms with van der Waals surface area (Å²) in [6.45, 7) is 8.13. The summed E-state index contributed by atoms with van der Waals surface area (Å²) in [5.41, 5.74) is -0.139. The predicted octanol–water partition coefficient (Wildman–Crippen LogP) is 2.54. The summed E-state index contributed by atoms with van der Waals surface area (Å²) in [6.07, 6.45) is 0. The van der Waals surface area contributed by atoms with Gasteiger partial charge in [-0.15, -0.1) is 0 Å². The van der Waals surface area contributed by atoms with Gasteiger partial charge in [0.15, 0.2) is 0 Å². The van der Waals surface area contributed by atoms with E-state index < -0.39 is 15.8 Å². The normalized spacial score (nSPS) is 21.8. The molecule has 0 heterocycles. The minimum Gasteiger partial charge on any atom is -0.207 e. The molecule has 1 aliphatic rings. The van der Waals surface area contributed by atoms with Crippen molar-refractivity contribution < 1.29 is 12.8 Å². The highest BCUT2D eigenvalue weighted by atomic mass is 32.2. The van der Waals surface area contributed by atoms with Crippen molar-refractivity contribution in [2.75, 3.05) is 0 Å². The second kappa shape index (κ2) is 3.78. The summed E-state index contributed by atoms with van der Waals surface area (Å²) >= 11 is 0. The Bertz CT molecular complexity index is 547. The fourth-order valence-corrected chi connectivity index (χ4v) is 3.86. The lowest BCUT2D eigenvalue weighted by Gasteiger charge is -2.08. The molecule has 100 valence electrons. The van der Waals surface area contributed by atoms with E-state index in [1.165, 1.54) is 12.1 Å². The molecule has 0 spiro atoms. The van der Waals surface area contributed by atoms with Crippen LogP contribution in [0.5, 0.6) is 0 Å². The predicted molar refractivity (Wildman–Crippen MR) is 68.1 cm³/mol. The van der Waals surface area contributed by atoms with Crippen LogP contribution in [0.25, 0.3) is 0 Å². The third kappa shape index (κ3) is 1.95. The van der Waals surface area contributed by atoms with Crippen LogP contribution in [0.3, 0.4) is 0 Å². The largest absolute Gasteiger partial charge is 0.240 e. The van der Waals surface area contributed by atoms with Gasteiger partial charge in [-0.2, -0.15) is 0 Å². The minimum absolute atomic E-state index is 0.0693. The first kappa shape index (κ1) is 13.5. The van der Waals surface area contributed by atoms with Crippen molar-refractivity contribution in [1.29, 1.82) is 0 Å². The van der Waals surface area contributed by atoms with Gasteiger partial charge in [-0.25, -0.2) is 17.5 Å². The highest BCUT2D eigenvalue weighted by Crippen LogP contribution is 2.62. The molecule has 0 unspecified atom stereocenters. The standard InChI is InChI=1S/C13H18FNO2S/c1-12(2)11(13(12,3)4)15-18(16,17)10-7-5-9(14)6-8-10/h5-8,11,15H,1-4H3. The monoisotopic (exact) mass is 271 g/mol. The van der Waals surface area contributed by atoms with Crippen molar-refractivity contribution in [2.45, 2.75) is 38.6 Å². The molecule has 1 aromatic rings. The summed E-state index contributed by atoms with van der Waals surface area (Å²) < 4.78 is 39.7. The fourth-order valence-electron chi connectivity index (χ4n) is 2.33. The number of sulfonamides is 1. The summed E-state index contributed by atoms with van der Waals surface area (Å²) in [5, 5.41) is 0. The Balaban J connectivity index is 2.22. The zero-order chi connectivity index (χ0) is 13.8. The molecule has 0 atom stereocenters. The number of hydrogen-bond acceptors (Lipinski definition) is 2. The van der Waals surface area contributed by atoms with Crippen molar-refractivity contribution in [2.24, 2.45) is 10.8 Å². The molecule has 1 aromatic carbocycles. The molecule has 1 fully saturated rings. The van der Waals surface area contributed by atoms with Gasteiger partial charge in [0.1, 0.15) is 5.82 Å². The molecular weight excluding hydrogens is 253 g/mol. The smallest absolute Gasteiger partial charge is 0.207 e. The average Bonchev–Trinajstić information content (AvgIpc) is 2.61. The lowest BCUT2D eigenvalue weighted by Crippen LogP contribution is -2.29. The minimum atomic E-state index is -3.57. The molecule has 0 radical (unpaired) electrons. The van der Waals surface area contributed by atoms with E-state index in [4.69, 9.17) is 0 Å². The zero-order valence-electron chi connectivity index (χ0n) is 11.0. The van der Waals surface area contributed by atoms with Gasteiger partial charge in [-0.3, -0.25) is 0 Å². The maximum Gasteiger partial charge on any atom is 0.240 e. The second-order valence-electron chi connectivity index (χ2n) is 5.95. The molecule has 0 amide bonds. The number of halogens is 1. The molecule has 2 rings (SSSR count). The highest BCUT2D eigenvalue weighted by molar-refractivity contribution is 7.89. The van der Waals surface area contributed by atoms with E-state index in [1.54, 1.807) is 0 Å². The third-order valence-corrected chi connectivity index (χ3v) is 5.86. The Hall–Kier alpha value is -0.940. The first-order chi connectivity index (χ1) is 8.09. The maximum atomic E-state index is 12.8. The van der Waals surface area contributed by atoms with Gasteiger partial charge in [0.2, 0.25) is 10.0 Å². The van der Waals surface area contributed by atoms with Crippen LogP contribution >= 0.6 is 0 Å². The van der Waals surface area contributed by atoms with E-state index in [2.05, 4.69) is 4.72 Å². The van der Waals surface area contributed by atoms with Gasteiger partial charge < -0.3 is 0 Å². The van der Waals surface area contributed by atoms with Crippen LogP contribution in [0.1, 0.15) is 27.7 Å². The van der Waals surface area contributed by atoms with Crippen LogP contribution in [0.15, 0.2) is 29.2 Å². The Morgan fingerprint density at radius 3 is 1.89 bits per heavy atom. The molecule has 1 saturated carbocycles. The van der Waals surface area contributed by atoms with Gasteiger partial charge in [0.05, 0.1) is 4.90 Å². The molecule has 0 aromatic heterocycles. The van der Waals surface area contributed by atoms with E-state index in [0.29, 0.717) is 0 Å². The lowest BCUT2D eigenvalue weighted by atomic mass is 10.0. The van der Waals surface area contributed by atoms with Gasteiger partial charge in [-0.05, 0) is 35.1 Å². The highest BCUT2D eigenvalue weighted by Gasteiger charge is 2.65. The van der Waals surface area contributed by atoms with Crippen LogP contribution in [-0.4, -0.2) is 14.5 Å². The van der Waals surface area contributed by atoms with Crippen LogP contribution in [0.2, 0.25) is 0 Å². The molecule has 0 saturated heterocycles. The molecule has 0 bridgehead atoms. The first-order valence-corrected chi connectivity index (χ1v) is 7.35. The first-order valence-electron chi connectivity index (χ1n) is 5.87. The van der Waals surface area contributed by atoms with Crippen LogP contribution in [0, 0.1) is 16.6 Å². The Labute approximate surface area is 107 Å². The molecule has 1 aliphatic carbocycles. The number of hydrogen-bond donors (Lipinski definition) is 1. The van der Waals surface area contributed by atoms with Crippen molar-refractivity contribution in [3.05, 3.63) is 30.1 Å². The van der Waals surface area contributed by atoms with Crippen molar-refractivity contribution >= 4 is 10.0 Å². The van der Waals surface area contributed by atoms with Crippen molar-refractivity contribution in [1.82, 2.24) is 4.72 Å². The molecule has 5 heteroatoms. The Morgan fingerprint density at radius 2 is 1.50 bits per heavy atom. The van der Waals surface area contributed by atoms with Crippen molar-refractivity contribution in [3.8, 4) is 0 Å². The van der Waals surface area contributed by atoms with Crippen LogP contribution in [-0.2, 0) is 10.0 Å². The molecule has 1 N–H and O–H groups in total. The van der Waals surface area contributed by atoms with Crippen LogP contribution in [0.4, 0.5) is 4.39 Å². The summed E-state index contributed by atoms with van der Waals surface area (Å²) in [6, 6.07) is 4.76. The Morgan fingerprint density at radius 1 is 1.06 bits per heavy atom. The fraction of sp³-hybridized carbons (Fsp3) is 0.538. The summed E-state index contributed by atoms with van der Waals surface area (Å²) in [4.78, 5) is 0.0994. The van der Waals surface area contributed by atoms with Gasteiger partial charge in [0, 0.05) is 6.04 Å². The van der Waals surface area contributed by atoms with E-state index in [-0.39, 0.29) is 21.8 Å². The quantitative estimate of drug-likeness (QED) is 0.918. The summed E-state index contributed by atoms with van der Waals surface area (Å²) in [7, 11) is -3.57.